The lowest BCUT2D eigenvalue weighted by atomic mass is 9.72. The number of rotatable bonds is 4. The van der Waals surface area contributed by atoms with Gasteiger partial charge < -0.3 is 19.6 Å². The molecule has 1 atom stereocenters. The lowest BCUT2D eigenvalue weighted by molar-refractivity contribution is -0.149. The minimum Gasteiger partial charge on any atom is -0.437 e. The fourth-order valence-electron chi connectivity index (χ4n) is 5.81. The van der Waals surface area contributed by atoms with E-state index in [0.717, 1.165) is 61.6 Å². The summed E-state index contributed by atoms with van der Waals surface area (Å²) in [6.45, 7) is 8.40. The summed E-state index contributed by atoms with van der Waals surface area (Å²) in [4.78, 5) is 31.0. The van der Waals surface area contributed by atoms with Crippen molar-refractivity contribution in [1.29, 1.82) is 0 Å². The zero-order valence-corrected chi connectivity index (χ0v) is 18.5. The minimum absolute atomic E-state index is 0.138. The Morgan fingerprint density at radius 2 is 2.00 bits per heavy atom. The third-order valence-corrected chi connectivity index (χ3v) is 8.88. The van der Waals surface area contributed by atoms with E-state index in [-0.39, 0.29) is 17.4 Å². The average molecular weight is 425 g/mol. The highest BCUT2D eigenvalue weighted by molar-refractivity contribution is 7.18. The maximum atomic E-state index is 13.2. The van der Waals surface area contributed by atoms with Gasteiger partial charge in [0.1, 0.15) is 17.0 Å². The van der Waals surface area contributed by atoms with Crippen LogP contribution in [0.15, 0.2) is 12.4 Å². The van der Waals surface area contributed by atoms with Crippen LogP contribution in [0.2, 0.25) is 6.82 Å². The van der Waals surface area contributed by atoms with Crippen molar-refractivity contribution in [2.45, 2.75) is 45.5 Å². The second-order valence-corrected chi connectivity index (χ2v) is 11.2. The van der Waals surface area contributed by atoms with E-state index in [0.29, 0.717) is 5.41 Å². The summed E-state index contributed by atoms with van der Waals surface area (Å²) in [5, 5.41) is 11.3. The maximum absolute atomic E-state index is 13.2. The molecule has 1 N–H and O–H groups in total. The van der Waals surface area contributed by atoms with Crippen molar-refractivity contribution in [1.82, 2.24) is 19.7 Å². The molecular weight excluding hydrogens is 397 g/mol. The molecule has 30 heavy (non-hydrogen) atoms. The van der Waals surface area contributed by atoms with Gasteiger partial charge in [0.2, 0.25) is 5.91 Å². The third kappa shape index (κ3) is 2.82. The van der Waals surface area contributed by atoms with Crippen LogP contribution >= 0.6 is 11.3 Å². The van der Waals surface area contributed by atoms with Gasteiger partial charge in [0.25, 0.3) is 0 Å². The van der Waals surface area contributed by atoms with Crippen LogP contribution in [0.5, 0.6) is 0 Å². The van der Waals surface area contributed by atoms with Gasteiger partial charge in [-0.2, -0.15) is 0 Å². The zero-order chi connectivity index (χ0) is 20.7. The van der Waals surface area contributed by atoms with Gasteiger partial charge in [-0.15, -0.1) is 11.3 Å². The third-order valence-electron chi connectivity index (χ3n) is 7.69. The van der Waals surface area contributed by atoms with Gasteiger partial charge in [0, 0.05) is 36.5 Å². The van der Waals surface area contributed by atoms with Crippen LogP contribution in [-0.2, 0) is 11.2 Å². The lowest BCUT2D eigenvalue weighted by Crippen LogP contribution is -2.74. The van der Waals surface area contributed by atoms with E-state index in [2.05, 4.69) is 27.9 Å². The summed E-state index contributed by atoms with van der Waals surface area (Å²) in [5.74, 6) is 1.26. The van der Waals surface area contributed by atoms with Crippen LogP contribution in [0.25, 0.3) is 10.2 Å². The van der Waals surface area contributed by atoms with Crippen LogP contribution in [0.4, 0.5) is 5.82 Å². The zero-order valence-electron chi connectivity index (χ0n) is 17.7. The molecule has 3 saturated heterocycles. The smallest absolute Gasteiger partial charge is 0.377 e. The first-order valence-corrected chi connectivity index (χ1v) is 11.9. The van der Waals surface area contributed by atoms with Gasteiger partial charge in [-0.3, -0.25) is 4.79 Å². The van der Waals surface area contributed by atoms with E-state index >= 15 is 0 Å². The molecular formula is C21H28BN5O2S. The quantitative estimate of drug-likeness (QED) is 0.755. The number of aromatic nitrogens is 2. The highest BCUT2D eigenvalue weighted by atomic mass is 32.1. The van der Waals surface area contributed by atoms with Crippen LogP contribution in [0, 0.1) is 10.8 Å². The van der Waals surface area contributed by atoms with E-state index in [9.17, 15) is 9.82 Å². The Kier molecular flexibility index (Phi) is 4.06. The van der Waals surface area contributed by atoms with E-state index < -0.39 is 7.05 Å². The van der Waals surface area contributed by atoms with Crippen LogP contribution in [0.3, 0.4) is 0 Å². The second kappa shape index (κ2) is 6.40. The number of amides is 1. The average Bonchev–Trinajstić information content (AvgIpc) is 3.11. The molecule has 2 aromatic rings. The number of hydrogen-bond acceptors (Lipinski definition) is 7. The lowest BCUT2D eigenvalue weighted by Gasteiger charge is -2.61. The van der Waals surface area contributed by atoms with E-state index in [1.807, 2.05) is 9.71 Å². The Morgan fingerprint density at radius 1 is 1.23 bits per heavy atom. The summed E-state index contributed by atoms with van der Waals surface area (Å²) in [7, 11) is -0.549. The molecule has 4 fully saturated rings. The van der Waals surface area contributed by atoms with Crippen molar-refractivity contribution < 1.29 is 9.82 Å². The molecule has 3 aliphatic heterocycles. The number of thiophene rings is 1. The number of carbonyl (C=O) groups excluding carboxylic acids is 1. The number of aryl methyl sites for hydroxylation is 1. The molecule has 6 rings (SSSR count). The fourth-order valence-corrected chi connectivity index (χ4v) is 6.74. The molecule has 9 heteroatoms. The molecule has 1 saturated carbocycles. The van der Waals surface area contributed by atoms with Gasteiger partial charge in [0.05, 0.1) is 11.4 Å². The van der Waals surface area contributed by atoms with Crippen molar-refractivity contribution in [3.63, 3.8) is 0 Å². The SMILES string of the molecule is CCc1cc2c(N3CC4(CN(C(=O)[C@@H]5CC6(CC6)CN5B(C)O)C4)C3)ncnc2s1. The number of carbonyl (C=O) groups is 1. The largest absolute Gasteiger partial charge is 0.437 e. The van der Waals surface area contributed by atoms with Gasteiger partial charge in [-0.05, 0) is 50.5 Å². The molecule has 7 nitrogen and oxygen atoms in total. The van der Waals surface area contributed by atoms with E-state index in [1.165, 1.54) is 17.7 Å². The molecule has 2 spiro atoms. The first-order chi connectivity index (χ1) is 14.4. The molecule has 5 heterocycles. The normalized spacial score (nSPS) is 26.3. The number of likely N-dealkylation sites (tertiary alicyclic amines) is 1. The molecule has 0 bridgehead atoms. The number of hydrogen-bond donors (Lipinski definition) is 1. The first-order valence-electron chi connectivity index (χ1n) is 11.1. The van der Waals surface area contributed by atoms with Gasteiger partial charge >= 0.3 is 7.05 Å². The van der Waals surface area contributed by atoms with Crippen molar-refractivity contribution in [3.05, 3.63) is 17.3 Å². The number of nitrogens with zero attached hydrogens (tertiary/aromatic N) is 5. The monoisotopic (exact) mass is 425 g/mol. The molecule has 4 aliphatic rings. The Labute approximate surface area is 181 Å². The Hall–Kier alpha value is -1.71. The Balaban J connectivity index is 1.11. The summed E-state index contributed by atoms with van der Waals surface area (Å²) >= 11 is 1.75. The predicted octanol–water partition coefficient (Wildman–Crippen LogP) is 1.87. The van der Waals surface area contributed by atoms with Crippen LogP contribution < -0.4 is 4.90 Å². The number of fused-ring (bicyclic) bond motifs is 1. The van der Waals surface area contributed by atoms with Gasteiger partial charge in [-0.25, -0.2) is 9.97 Å². The molecule has 0 radical (unpaired) electrons. The molecule has 0 unspecified atom stereocenters. The Bertz CT molecular complexity index is 1010. The van der Waals surface area contributed by atoms with Crippen molar-refractivity contribution in [2.75, 3.05) is 37.6 Å². The predicted molar refractivity (Wildman–Crippen MR) is 119 cm³/mol. The fraction of sp³-hybridized carbons (Fsp3) is 0.667. The topological polar surface area (TPSA) is 72.8 Å². The molecule has 158 valence electrons. The minimum atomic E-state index is -0.549. The van der Waals surface area contributed by atoms with Gasteiger partial charge in [-0.1, -0.05) is 6.92 Å². The molecule has 2 aromatic heterocycles. The summed E-state index contributed by atoms with van der Waals surface area (Å²) in [6.07, 6.45) is 6.02. The number of anilines is 1. The van der Waals surface area contributed by atoms with Crippen molar-refractivity contribution in [3.8, 4) is 0 Å². The summed E-state index contributed by atoms with van der Waals surface area (Å²) in [6, 6.07) is 2.09. The highest BCUT2D eigenvalue weighted by Gasteiger charge is 2.59. The van der Waals surface area contributed by atoms with E-state index in [4.69, 9.17) is 0 Å². The van der Waals surface area contributed by atoms with Crippen LogP contribution in [-0.4, -0.2) is 76.4 Å². The molecule has 1 aliphatic carbocycles. The van der Waals surface area contributed by atoms with Gasteiger partial charge in [0.15, 0.2) is 0 Å². The summed E-state index contributed by atoms with van der Waals surface area (Å²) < 4.78 is 0. The maximum Gasteiger partial charge on any atom is 0.377 e. The molecule has 1 amide bonds. The van der Waals surface area contributed by atoms with Crippen molar-refractivity contribution >= 4 is 40.3 Å². The Morgan fingerprint density at radius 3 is 2.67 bits per heavy atom. The summed E-state index contributed by atoms with van der Waals surface area (Å²) in [5.41, 5.74) is 0.519. The standard InChI is InChI=1S/C21H28BN5O2S/c1-3-14-6-15-17(23-13-24-18(15)30-14)25-8-21(9-25)10-26(11-21)19(28)16-7-20(4-5-20)12-27(16)22(2)29/h6,13,16,29H,3-5,7-12H2,1-2H3/t16-/m0/s1. The second-order valence-electron chi connectivity index (χ2n) is 10.1. The highest BCUT2D eigenvalue weighted by Crippen LogP contribution is 2.55. The molecule has 0 aromatic carbocycles. The van der Waals surface area contributed by atoms with Crippen LogP contribution in [0.1, 0.15) is 31.1 Å². The van der Waals surface area contributed by atoms with E-state index in [1.54, 1.807) is 24.5 Å². The first kappa shape index (κ1) is 19.0. The van der Waals surface area contributed by atoms with Crippen molar-refractivity contribution in [2.24, 2.45) is 10.8 Å².